The highest BCUT2D eigenvalue weighted by Crippen LogP contribution is 2.18. The van der Waals surface area contributed by atoms with E-state index in [4.69, 9.17) is 0 Å². The fraction of sp³-hybridized carbons (Fsp3) is 0.350. The van der Waals surface area contributed by atoms with Gasteiger partial charge in [0.2, 0.25) is 17.8 Å². The van der Waals surface area contributed by atoms with E-state index in [0.29, 0.717) is 24.7 Å². The van der Waals surface area contributed by atoms with Crippen LogP contribution in [0.5, 0.6) is 0 Å². The Hall–Kier alpha value is -2.89. The van der Waals surface area contributed by atoms with Gasteiger partial charge in [0, 0.05) is 19.5 Å². The average Bonchev–Trinajstić information content (AvgIpc) is 3.15. The Balaban J connectivity index is 1.32. The van der Waals surface area contributed by atoms with Crippen molar-refractivity contribution in [2.45, 2.75) is 32.1 Å². The molecule has 6 nitrogen and oxygen atoms in total. The summed E-state index contributed by atoms with van der Waals surface area (Å²) in [6.45, 7) is 1.96. The lowest BCUT2D eigenvalue weighted by molar-refractivity contribution is -0.116. The van der Waals surface area contributed by atoms with Crippen molar-refractivity contribution in [2.24, 2.45) is 0 Å². The minimum atomic E-state index is -0.0560. The first-order valence-corrected chi connectivity index (χ1v) is 9.23. The molecule has 3 aromatic rings. The molecule has 0 spiro atoms. The molecule has 0 radical (unpaired) electrons. The summed E-state index contributed by atoms with van der Waals surface area (Å²) in [7, 11) is 0. The lowest BCUT2D eigenvalue weighted by Crippen LogP contribution is -2.30. The first kappa shape index (κ1) is 16.6. The number of carbonyl (C=O) groups excluding carboxylic acids is 1. The third kappa shape index (κ3) is 3.85. The van der Waals surface area contributed by atoms with Gasteiger partial charge in [-0.05, 0) is 42.0 Å². The summed E-state index contributed by atoms with van der Waals surface area (Å²) in [6.07, 6.45) is 4.71. The summed E-state index contributed by atoms with van der Waals surface area (Å²) >= 11 is 0. The van der Waals surface area contributed by atoms with Gasteiger partial charge in [0.15, 0.2) is 0 Å². The number of hydrogen-bond donors (Lipinski definition) is 2. The largest absolute Gasteiger partial charge is 0.340 e. The number of nitrogens with one attached hydrogen (secondary N) is 2. The van der Waals surface area contributed by atoms with Crippen molar-refractivity contribution in [3.63, 3.8) is 0 Å². The molecule has 1 aromatic heterocycles. The normalized spacial score (nSPS) is 14.5. The predicted molar refractivity (Wildman–Crippen MR) is 103 cm³/mol. The van der Waals surface area contributed by atoms with Crippen molar-refractivity contribution in [1.82, 2.24) is 15.2 Å². The Kier molecular flexibility index (Phi) is 4.82. The monoisotopic (exact) mass is 349 g/mol. The zero-order chi connectivity index (χ0) is 17.8. The first-order valence-electron chi connectivity index (χ1n) is 9.23. The second kappa shape index (κ2) is 7.56. The predicted octanol–water partition coefficient (Wildman–Crippen LogP) is 3.52. The number of aromatic nitrogens is 3. The van der Waals surface area contributed by atoms with Crippen molar-refractivity contribution >= 4 is 28.6 Å². The van der Waals surface area contributed by atoms with Crippen LogP contribution in [0, 0.1) is 0 Å². The summed E-state index contributed by atoms with van der Waals surface area (Å²) in [5.74, 6) is 1.04. The third-order valence-corrected chi connectivity index (χ3v) is 4.82. The van der Waals surface area contributed by atoms with E-state index in [2.05, 4.69) is 55.7 Å². The summed E-state index contributed by atoms with van der Waals surface area (Å²) in [5, 5.41) is 12.3. The van der Waals surface area contributed by atoms with Crippen LogP contribution in [0.4, 0.5) is 11.9 Å². The number of anilines is 2. The maximum absolute atomic E-state index is 12.2. The Morgan fingerprint density at radius 3 is 2.73 bits per heavy atom. The summed E-state index contributed by atoms with van der Waals surface area (Å²) < 4.78 is 0. The Labute approximate surface area is 152 Å². The fourth-order valence-electron chi connectivity index (χ4n) is 3.39. The van der Waals surface area contributed by atoms with Crippen LogP contribution >= 0.6 is 0 Å². The van der Waals surface area contributed by atoms with Gasteiger partial charge in [0.1, 0.15) is 0 Å². The number of piperidine rings is 1. The van der Waals surface area contributed by atoms with Gasteiger partial charge in [0.25, 0.3) is 0 Å². The van der Waals surface area contributed by atoms with Crippen molar-refractivity contribution in [1.29, 1.82) is 0 Å². The molecule has 2 heterocycles. The molecular weight excluding hydrogens is 326 g/mol. The van der Waals surface area contributed by atoms with E-state index in [0.717, 1.165) is 18.7 Å². The molecule has 0 saturated carbocycles. The Bertz CT molecular complexity index is 898. The van der Waals surface area contributed by atoms with Gasteiger partial charge in [-0.2, -0.15) is 4.98 Å². The molecule has 1 aliphatic heterocycles. The lowest BCUT2D eigenvalue weighted by atomic mass is 10.0. The van der Waals surface area contributed by atoms with E-state index in [1.54, 1.807) is 0 Å². The van der Waals surface area contributed by atoms with E-state index in [1.807, 2.05) is 12.1 Å². The molecular formula is C20H23N5O. The number of aromatic amines is 1. The topological polar surface area (TPSA) is 73.9 Å². The van der Waals surface area contributed by atoms with Crippen LogP contribution in [-0.2, 0) is 11.2 Å². The minimum absolute atomic E-state index is 0.0560. The molecule has 0 atom stereocenters. The summed E-state index contributed by atoms with van der Waals surface area (Å²) in [4.78, 5) is 18.8. The molecule has 2 aromatic carbocycles. The molecule has 4 rings (SSSR count). The second-order valence-corrected chi connectivity index (χ2v) is 6.76. The number of benzene rings is 2. The standard InChI is InChI=1S/C20H23N5O/c26-18(11-9-15-8-10-16-6-2-3-7-17(16)14-15)21-19-22-20(24-23-19)25-12-4-1-5-13-25/h2-3,6-8,10,14H,1,4-5,9,11-13H2,(H2,21,22,23,24,26). The zero-order valence-corrected chi connectivity index (χ0v) is 14.7. The molecule has 1 amide bonds. The number of amides is 1. The van der Waals surface area contributed by atoms with Gasteiger partial charge in [-0.25, -0.2) is 5.10 Å². The second-order valence-electron chi connectivity index (χ2n) is 6.76. The highest BCUT2D eigenvalue weighted by molar-refractivity contribution is 5.89. The van der Waals surface area contributed by atoms with Gasteiger partial charge in [-0.3, -0.25) is 10.1 Å². The van der Waals surface area contributed by atoms with Crippen LogP contribution in [0.15, 0.2) is 42.5 Å². The number of aryl methyl sites for hydroxylation is 1. The average molecular weight is 349 g/mol. The number of H-pyrrole nitrogens is 1. The SMILES string of the molecule is O=C(CCc1ccc2ccccc2c1)Nc1nc(N2CCCCC2)n[nH]1. The molecule has 134 valence electrons. The van der Waals surface area contributed by atoms with Crippen molar-refractivity contribution in [2.75, 3.05) is 23.3 Å². The van der Waals surface area contributed by atoms with Crippen LogP contribution in [-0.4, -0.2) is 34.2 Å². The van der Waals surface area contributed by atoms with Gasteiger partial charge < -0.3 is 4.90 Å². The van der Waals surface area contributed by atoms with Crippen LogP contribution in [0.1, 0.15) is 31.2 Å². The number of rotatable bonds is 5. The van der Waals surface area contributed by atoms with E-state index < -0.39 is 0 Å². The summed E-state index contributed by atoms with van der Waals surface area (Å²) in [6, 6.07) is 14.6. The van der Waals surface area contributed by atoms with Gasteiger partial charge in [0.05, 0.1) is 0 Å². The highest BCUT2D eigenvalue weighted by Gasteiger charge is 2.16. The molecule has 0 aliphatic carbocycles. The van der Waals surface area contributed by atoms with Gasteiger partial charge >= 0.3 is 0 Å². The molecule has 1 fully saturated rings. The number of carbonyl (C=O) groups is 1. The van der Waals surface area contributed by atoms with E-state index in [-0.39, 0.29) is 5.91 Å². The maximum atomic E-state index is 12.2. The molecule has 6 heteroatoms. The molecule has 1 saturated heterocycles. The van der Waals surface area contributed by atoms with E-state index in [1.165, 1.54) is 30.0 Å². The molecule has 1 aliphatic rings. The smallest absolute Gasteiger partial charge is 0.246 e. The molecule has 0 bridgehead atoms. The molecule has 2 N–H and O–H groups in total. The number of fused-ring (bicyclic) bond motifs is 1. The van der Waals surface area contributed by atoms with Crippen LogP contribution < -0.4 is 10.2 Å². The van der Waals surface area contributed by atoms with Crippen LogP contribution in [0.3, 0.4) is 0 Å². The van der Waals surface area contributed by atoms with Gasteiger partial charge in [-0.15, -0.1) is 5.10 Å². The molecule has 0 unspecified atom stereocenters. The number of nitrogens with zero attached hydrogens (tertiary/aromatic N) is 3. The fourth-order valence-corrected chi connectivity index (χ4v) is 3.39. The first-order chi connectivity index (χ1) is 12.8. The highest BCUT2D eigenvalue weighted by atomic mass is 16.1. The summed E-state index contributed by atoms with van der Waals surface area (Å²) in [5.41, 5.74) is 1.16. The van der Waals surface area contributed by atoms with E-state index in [9.17, 15) is 4.79 Å². The van der Waals surface area contributed by atoms with Crippen molar-refractivity contribution in [3.8, 4) is 0 Å². The van der Waals surface area contributed by atoms with E-state index >= 15 is 0 Å². The lowest BCUT2D eigenvalue weighted by Gasteiger charge is -2.24. The van der Waals surface area contributed by atoms with Gasteiger partial charge in [-0.1, -0.05) is 42.5 Å². The quantitative estimate of drug-likeness (QED) is 0.739. The van der Waals surface area contributed by atoms with Crippen molar-refractivity contribution < 1.29 is 4.79 Å². The van der Waals surface area contributed by atoms with Crippen LogP contribution in [0.25, 0.3) is 10.8 Å². The minimum Gasteiger partial charge on any atom is -0.340 e. The third-order valence-electron chi connectivity index (χ3n) is 4.82. The maximum Gasteiger partial charge on any atom is 0.246 e. The van der Waals surface area contributed by atoms with Crippen molar-refractivity contribution in [3.05, 3.63) is 48.0 Å². The van der Waals surface area contributed by atoms with Crippen LogP contribution in [0.2, 0.25) is 0 Å². The molecule has 26 heavy (non-hydrogen) atoms. The number of hydrogen-bond acceptors (Lipinski definition) is 4. The Morgan fingerprint density at radius 1 is 1.08 bits per heavy atom. The zero-order valence-electron chi connectivity index (χ0n) is 14.7. The Morgan fingerprint density at radius 2 is 1.88 bits per heavy atom.